The number of nitrogen functional groups attached to an aromatic ring is 1. The largest absolute Gasteiger partial charge is 0.384 e. The zero-order valence-corrected chi connectivity index (χ0v) is 10.4. The lowest BCUT2D eigenvalue weighted by molar-refractivity contribution is 1.01. The van der Waals surface area contributed by atoms with Crippen LogP contribution in [0.15, 0.2) is 32.9 Å². The van der Waals surface area contributed by atoms with Crippen LogP contribution < -0.4 is 5.73 Å². The van der Waals surface area contributed by atoms with E-state index in [0.29, 0.717) is 10.6 Å². The summed E-state index contributed by atoms with van der Waals surface area (Å²) < 4.78 is 0.853. The number of hydrogen-bond acceptors (Lipinski definition) is 5. The van der Waals surface area contributed by atoms with Crippen LogP contribution in [0.2, 0.25) is 5.02 Å². The molecule has 3 N–H and O–H groups in total. The quantitative estimate of drug-likeness (QED) is 0.664. The van der Waals surface area contributed by atoms with Gasteiger partial charge in [-0.05, 0) is 18.2 Å². The monoisotopic (exact) mass is 270 g/mol. The van der Waals surface area contributed by atoms with Gasteiger partial charge in [-0.15, -0.1) is 10.2 Å². The second kappa shape index (κ2) is 4.82. The number of nitrogens with two attached hydrogens (primary N) is 1. The minimum absolute atomic E-state index is 0.0301. The van der Waals surface area contributed by atoms with Crippen molar-refractivity contribution >= 4 is 40.5 Å². The van der Waals surface area contributed by atoms with Crippen molar-refractivity contribution in [1.82, 2.24) is 10.2 Å². The Morgan fingerprint density at radius 1 is 1.50 bits per heavy atom. The molecule has 1 heterocycles. The Labute approximate surface area is 105 Å². The van der Waals surface area contributed by atoms with Crippen molar-refractivity contribution in [2.45, 2.75) is 9.24 Å². The van der Waals surface area contributed by atoms with E-state index in [9.17, 15) is 0 Å². The maximum Gasteiger partial charge on any atom is 0.178 e. The number of nitrogens with one attached hydrogen (secondary N) is 1. The molecule has 0 aliphatic carbocycles. The van der Waals surface area contributed by atoms with Crippen LogP contribution in [-0.2, 0) is 0 Å². The lowest BCUT2D eigenvalue weighted by atomic mass is 10.2. The van der Waals surface area contributed by atoms with Crippen LogP contribution in [0.1, 0.15) is 5.56 Å². The van der Waals surface area contributed by atoms with Crippen LogP contribution in [0.25, 0.3) is 0 Å². The molecule has 0 radical (unpaired) electrons. The molecule has 1 aromatic carbocycles. The highest BCUT2D eigenvalue weighted by Crippen LogP contribution is 2.31. The zero-order valence-electron chi connectivity index (χ0n) is 7.98. The Hall–Kier alpha value is -1.11. The molecular weight excluding hydrogens is 264 g/mol. The normalized spacial score (nSPS) is 10.3. The van der Waals surface area contributed by atoms with Crippen LogP contribution >= 0.6 is 34.7 Å². The molecule has 2 rings (SSSR count). The lowest BCUT2D eigenvalue weighted by Crippen LogP contribution is -2.11. The highest BCUT2D eigenvalue weighted by atomic mass is 35.5. The van der Waals surface area contributed by atoms with Crippen LogP contribution in [0.3, 0.4) is 0 Å². The Kier molecular flexibility index (Phi) is 3.42. The predicted molar refractivity (Wildman–Crippen MR) is 66.5 cm³/mol. The number of halogens is 1. The first kappa shape index (κ1) is 11.4. The molecule has 0 bridgehead atoms. The number of nitrogens with zero attached hydrogens (tertiary/aromatic N) is 2. The molecule has 1 aromatic heterocycles. The average Bonchev–Trinajstić information content (AvgIpc) is 2.70. The van der Waals surface area contributed by atoms with Crippen molar-refractivity contribution in [3.8, 4) is 0 Å². The molecule has 0 unspecified atom stereocenters. The van der Waals surface area contributed by atoms with E-state index in [0.717, 1.165) is 9.24 Å². The molecule has 0 amide bonds. The third kappa shape index (κ3) is 2.52. The highest BCUT2D eigenvalue weighted by molar-refractivity contribution is 8.01. The lowest BCUT2D eigenvalue weighted by Gasteiger charge is -2.03. The predicted octanol–water partition coefficient (Wildman–Crippen LogP) is 2.63. The van der Waals surface area contributed by atoms with Gasteiger partial charge in [0, 0.05) is 10.5 Å². The van der Waals surface area contributed by atoms with E-state index < -0.39 is 0 Å². The Balaban J connectivity index is 2.24. The van der Waals surface area contributed by atoms with Gasteiger partial charge in [0.25, 0.3) is 0 Å². The molecular formula is C9H7ClN4S2. The summed E-state index contributed by atoms with van der Waals surface area (Å²) in [5, 5.41) is 15.5. The molecule has 82 valence electrons. The highest BCUT2D eigenvalue weighted by Gasteiger charge is 2.06. The van der Waals surface area contributed by atoms with Crippen LogP contribution in [0, 0.1) is 5.41 Å². The van der Waals surface area contributed by atoms with E-state index in [1.165, 1.54) is 23.1 Å². The molecule has 7 heteroatoms. The third-order valence-corrected chi connectivity index (χ3v) is 3.86. The van der Waals surface area contributed by atoms with Crippen molar-refractivity contribution in [3.05, 3.63) is 34.3 Å². The Bertz CT molecular complexity index is 512. The van der Waals surface area contributed by atoms with Gasteiger partial charge >= 0.3 is 0 Å². The van der Waals surface area contributed by atoms with Crippen molar-refractivity contribution in [3.63, 3.8) is 0 Å². The summed E-state index contributed by atoms with van der Waals surface area (Å²) in [6, 6.07) is 5.35. The molecule has 0 saturated carbocycles. The number of benzene rings is 1. The van der Waals surface area contributed by atoms with Crippen molar-refractivity contribution in [2.24, 2.45) is 5.73 Å². The molecule has 16 heavy (non-hydrogen) atoms. The molecule has 0 aliphatic rings. The van der Waals surface area contributed by atoms with Gasteiger partial charge in [-0.2, -0.15) is 0 Å². The minimum atomic E-state index is -0.0301. The van der Waals surface area contributed by atoms with Crippen molar-refractivity contribution in [1.29, 1.82) is 5.41 Å². The average molecular weight is 271 g/mol. The SMILES string of the molecule is N=C(N)c1ccc(Sc2nncs2)cc1Cl. The first-order chi connectivity index (χ1) is 7.66. The summed E-state index contributed by atoms with van der Waals surface area (Å²) in [5.41, 5.74) is 7.59. The summed E-state index contributed by atoms with van der Waals surface area (Å²) >= 11 is 8.94. The van der Waals surface area contributed by atoms with Crippen molar-refractivity contribution < 1.29 is 0 Å². The van der Waals surface area contributed by atoms with Crippen LogP contribution in [0.5, 0.6) is 0 Å². The Morgan fingerprint density at radius 3 is 2.88 bits per heavy atom. The molecule has 0 spiro atoms. The molecule has 0 saturated heterocycles. The van der Waals surface area contributed by atoms with E-state index in [-0.39, 0.29) is 5.84 Å². The standard InChI is InChI=1S/C9H7ClN4S2/c10-7-3-5(1-2-6(7)8(11)12)16-9-14-13-4-15-9/h1-4H,(H3,11,12). The van der Waals surface area contributed by atoms with Gasteiger partial charge in [0.15, 0.2) is 4.34 Å². The molecule has 4 nitrogen and oxygen atoms in total. The summed E-state index contributed by atoms with van der Waals surface area (Å²) in [6.07, 6.45) is 0. The smallest absolute Gasteiger partial charge is 0.178 e. The van der Waals surface area contributed by atoms with E-state index in [1.54, 1.807) is 17.6 Å². The van der Waals surface area contributed by atoms with Crippen LogP contribution in [-0.4, -0.2) is 16.0 Å². The fourth-order valence-electron chi connectivity index (χ4n) is 1.09. The second-order valence-electron chi connectivity index (χ2n) is 2.86. The first-order valence-electron chi connectivity index (χ1n) is 4.25. The number of rotatable bonds is 3. The second-order valence-corrected chi connectivity index (χ2v) is 5.42. The summed E-state index contributed by atoms with van der Waals surface area (Å²) in [5.74, 6) is -0.0301. The summed E-state index contributed by atoms with van der Waals surface area (Å²) in [7, 11) is 0. The Morgan fingerprint density at radius 2 is 2.31 bits per heavy atom. The molecule has 2 aromatic rings. The molecule has 0 atom stereocenters. The topological polar surface area (TPSA) is 75.7 Å². The van der Waals surface area contributed by atoms with Gasteiger partial charge in [-0.3, -0.25) is 5.41 Å². The molecule has 0 fully saturated rings. The summed E-state index contributed by atoms with van der Waals surface area (Å²) in [6.45, 7) is 0. The van der Waals surface area contributed by atoms with E-state index in [1.807, 2.05) is 6.07 Å². The van der Waals surface area contributed by atoms with E-state index in [4.69, 9.17) is 22.7 Å². The van der Waals surface area contributed by atoms with Crippen LogP contribution in [0.4, 0.5) is 0 Å². The van der Waals surface area contributed by atoms with E-state index in [2.05, 4.69) is 10.2 Å². The first-order valence-corrected chi connectivity index (χ1v) is 6.32. The maximum atomic E-state index is 7.31. The van der Waals surface area contributed by atoms with Gasteiger partial charge in [0.05, 0.1) is 5.02 Å². The maximum absolute atomic E-state index is 7.31. The molecule has 0 aliphatic heterocycles. The zero-order chi connectivity index (χ0) is 11.5. The number of aromatic nitrogens is 2. The van der Waals surface area contributed by atoms with Gasteiger partial charge < -0.3 is 5.73 Å². The number of hydrogen-bond donors (Lipinski definition) is 2. The fourth-order valence-corrected chi connectivity index (χ4v) is 2.92. The minimum Gasteiger partial charge on any atom is -0.384 e. The van der Waals surface area contributed by atoms with Gasteiger partial charge in [-0.25, -0.2) is 0 Å². The van der Waals surface area contributed by atoms with Crippen molar-refractivity contribution in [2.75, 3.05) is 0 Å². The summed E-state index contributed by atoms with van der Waals surface area (Å²) in [4.78, 5) is 0.951. The third-order valence-electron chi connectivity index (χ3n) is 1.78. The number of amidine groups is 1. The van der Waals surface area contributed by atoms with Gasteiger partial charge in [0.1, 0.15) is 11.3 Å². The van der Waals surface area contributed by atoms with E-state index >= 15 is 0 Å². The van der Waals surface area contributed by atoms with Gasteiger partial charge in [-0.1, -0.05) is 34.7 Å². The fraction of sp³-hybridized carbons (Fsp3) is 0. The van der Waals surface area contributed by atoms with Gasteiger partial charge in [0.2, 0.25) is 0 Å².